The highest BCUT2D eigenvalue weighted by Crippen LogP contribution is 2.16. The molecule has 0 bridgehead atoms. The summed E-state index contributed by atoms with van der Waals surface area (Å²) in [6.45, 7) is 6.17. The number of amides is 1. The van der Waals surface area contributed by atoms with E-state index in [9.17, 15) is 4.79 Å². The van der Waals surface area contributed by atoms with Crippen molar-refractivity contribution in [3.8, 4) is 11.6 Å². The summed E-state index contributed by atoms with van der Waals surface area (Å²) < 4.78 is 7.40. The van der Waals surface area contributed by atoms with Crippen molar-refractivity contribution in [2.75, 3.05) is 20.8 Å². The van der Waals surface area contributed by atoms with E-state index in [4.69, 9.17) is 9.57 Å². The van der Waals surface area contributed by atoms with E-state index in [0.29, 0.717) is 11.5 Å². The molecule has 0 unspecified atom stereocenters. The molecule has 138 valence electrons. The number of ether oxygens (including phenoxy) is 1. The Hall–Kier alpha value is -3.09. The van der Waals surface area contributed by atoms with Gasteiger partial charge in [0.1, 0.15) is 13.7 Å². The van der Waals surface area contributed by atoms with Gasteiger partial charge in [0.15, 0.2) is 5.71 Å². The minimum Gasteiger partial charge on any atom is -0.472 e. The molecule has 7 heteroatoms. The van der Waals surface area contributed by atoms with Crippen LogP contribution in [0.4, 0.5) is 0 Å². The average Bonchev–Trinajstić information content (AvgIpc) is 3.10. The van der Waals surface area contributed by atoms with Crippen LogP contribution in [0.5, 0.6) is 5.88 Å². The predicted molar refractivity (Wildman–Crippen MR) is 101 cm³/mol. The number of carbonyl (C=O) groups is 1. The van der Waals surface area contributed by atoms with Gasteiger partial charge in [0, 0.05) is 19.3 Å². The lowest BCUT2D eigenvalue weighted by Gasteiger charge is -2.06. The summed E-state index contributed by atoms with van der Waals surface area (Å²) in [5.41, 5.74) is 4.28. The van der Waals surface area contributed by atoms with E-state index < -0.39 is 0 Å². The first-order chi connectivity index (χ1) is 12.5. The van der Waals surface area contributed by atoms with Crippen LogP contribution in [-0.2, 0) is 9.63 Å². The third-order valence-electron chi connectivity index (χ3n) is 3.94. The van der Waals surface area contributed by atoms with Gasteiger partial charge in [-0.15, -0.1) is 5.10 Å². The zero-order chi connectivity index (χ0) is 19.1. The lowest BCUT2D eigenvalue weighted by Crippen LogP contribution is -2.28. The van der Waals surface area contributed by atoms with Crippen molar-refractivity contribution in [2.24, 2.45) is 5.16 Å². The molecule has 0 aliphatic rings. The van der Waals surface area contributed by atoms with Crippen LogP contribution in [-0.4, -0.2) is 42.2 Å². The number of nitrogens with zero attached hydrogens (tertiary/aromatic N) is 3. The van der Waals surface area contributed by atoms with E-state index in [2.05, 4.69) is 41.6 Å². The van der Waals surface area contributed by atoms with Gasteiger partial charge in [-0.25, -0.2) is 4.68 Å². The minimum atomic E-state index is -0.320. The van der Waals surface area contributed by atoms with Gasteiger partial charge in [0.05, 0.1) is 5.69 Å². The Morgan fingerprint density at radius 2 is 2.08 bits per heavy atom. The van der Waals surface area contributed by atoms with Gasteiger partial charge in [-0.1, -0.05) is 11.2 Å². The van der Waals surface area contributed by atoms with E-state index in [1.165, 1.54) is 25.3 Å². The normalized spacial score (nSPS) is 12.0. The summed E-state index contributed by atoms with van der Waals surface area (Å²) in [5, 5.41) is 10.7. The van der Waals surface area contributed by atoms with Gasteiger partial charge in [-0.3, -0.25) is 4.79 Å². The van der Waals surface area contributed by atoms with Gasteiger partial charge in [0.2, 0.25) is 5.88 Å². The van der Waals surface area contributed by atoms with Crippen molar-refractivity contribution in [3.05, 3.63) is 53.2 Å². The zero-order valence-corrected chi connectivity index (χ0v) is 15.7. The molecule has 0 atom stereocenters. The summed E-state index contributed by atoms with van der Waals surface area (Å²) in [6, 6.07) is 7.95. The third kappa shape index (κ3) is 4.72. The number of aryl methyl sites for hydroxylation is 2. The van der Waals surface area contributed by atoms with Crippen LogP contribution in [0.15, 0.2) is 47.3 Å². The Morgan fingerprint density at radius 1 is 1.31 bits per heavy atom. The summed E-state index contributed by atoms with van der Waals surface area (Å²) >= 11 is 0. The molecule has 26 heavy (non-hydrogen) atoms. The topological polar surface area (TPSA) is 77.7 Å². The number of nitrogens with one attached hydrogen (secondary N) is 1. The molecule has 1 heterocycles. The Bertz CT molecular complexity index is 837. The average molecular weight is 356 g/mol. The number of benzene rings is 1. The number of rotatable bonds is 7. The van der Waals surface area contributed by atoms with Gasteiger partial charge in [-0.2, -0.15) is 0 Å². The van der Waals surface area contributed by atoms with Crippen LogP contribution in [0, 0.1) is 13.8 Å². The lowest BCUT2D eigenvalue weighted by atomic mass is 10.1. The van der Waals surface area contributed by atoms with E-state index in [1.807, 2.05) is 12.3 Å². The summed E-state index contributed by atoms with van der Waals surface area (Å²) in [7, 11) is 2.93. The zero-order valence-electron chi connectivity index (χ0n) is 15.7. The van der Waals surface area contributed by atoms with E-state index >= 15 is 0 Å². The first-order valence-corrected chi connectivity index (χ1v) is 8.22. The Balaban J connectivity index is 2.04. The number of hydrogen-bond acceptors (Lipinski definition) is 5. The van der Waals surface area contributed by atoms with Crippen LogP contribution in [0.25, 0.3) is 5.69 Å². The van der Waals surface area contributed by atoms with Crippen LogP contribution < -0.4 is 10.1 Å². The maximum absolute atomic E-state index is 11.8. The molecular weight excluding hydrogens is 332 g/mol. The highest BCUT2D eigenvalue weighted by molar-refractivity contribution is 6.44. The molecule has 2 rings (SSSR count). The van der Waals surface area contributed by atoms with E-state index in [1.54, 1.807) is 23.7 Å². The van der Waals surface area contributed by atoms with E-state index in [0.717, 1.165) is 5.69 Å². The van der Waals surface area contributed by atoms with Crippen LogP contribution in [0.2, 0.25) is 0 Å². The van der Waals surface area contributed by atoms with Crippen molar-refractivity contribution in [3.63, 3.8) is 0 Å². The quantitative estimate of drug-likeness (QED) is 0.611. The van der Waals surface area contributed by atoms with Crippen LogP contribution in [0.1, 0.15) is 18.1 Å². The number of oxime groups is 1. The summed E-state index contributed by atoms with van der Waals surface area (Å²) in [5.74, 6) is 0.178. The SMILES string of the molecule is CNC(=O)C(=NOC)C(C)=CCOc1ccn(-c2ccc(C)c(C)c2)n1. The van der Waals surface area contributed by atoms with E-state index in [-0.39, 0.29) is 18.2 Å². The number of carbonyl (C=O) groups excluding carboxylic acids is 1. The Kier molecular flexibility index (Phi) is 6.54. The monoisotopic (exact) mass is 356 g/mol. The Morgan fingerprint density at radius 3 is 2.73 bits per heavy atom. The first kappa shape index (κ1) is 19.2. The first-order valence-electron chi connectivity index (χ1n) is 8.22. The Labute approximate surface area is 153 Å². The molecule has 1 aromatic heterocycles. The second-order valence-corrected chi connectivity index (χ2v) is 5.77. The van der Waals surface area contributed by atoms with Crippen molar-refractivity contribution < 1.29 is 14.4 Å². The number of hydrogen-bond donors (Lipinski definition) is 1. The molecule has 0 saturated carbocycles. The van der Waals surface area contributed by atoms with Gasteiger partial charge in [-0.05, 0) is 55.7 Å². The molecule has 0 spiro atoms. The van der Waals surface area contributed by atoms with Crippen LogP contribution >= 0.6 is 0 Å². The predicted octanol–water partition coefficient (Wildman–Crippen LogP) is 2.56. The molecule has 0 saturated heterocycles. The third-order valence-corrected chi connectivity index (χ3v) is 3.94. The highest BCUT2D eigenvalue weighted by Gasteiger charge is 2.12. The van der Waals surface area contributed by atoms with Crippen LogP contribution in [0.3, 0.4) is 0 Å². The van der Waals surface area contributed by atoms with Gasteiger partial charge < -0.3 is 14.9 Å². The second-order valence-electron chi connectivity index (χ2n) is 5.77. The van der Waals surface area contributed by atoms with Crippen molar-refractivity contribution in [1.29, 1.82) is 0 Å². The molecule has 1 amide bonds. The molecular formula is C19H24N4O3. The lowest BCUT2D eigenvalue weighted by molar-refractivity contribution is -0.114. The molecule has 0 fully saturated rings. The van der Waals surface area contributed by atoms with Crippen molar-refractivity contribution >= 4 is 11.6 Å². The summed E-state index contributed by atoms with van der Waals surface area (Å²) in [6.07, 6.45) is 3.60. The highest BCUT2D eigenvalue weighted by atomic mass is 16.6. The molecule has 0 aliphatic carbocycles. The smallest absolute Gasteiger partial charge is 0.273 e. The van der Waals surface area contributed by atoms with Gasteiger partial charge >= 0.3 is 0 Å². The molecule has 7 nitrogen and oxygen atoms in total. The molecule has 1 aromatic carbocycles. The fourth-order valence-corrected chi connectivity index (χ4v) is 2.25. The molecule has 0 aliphatic heterocycles. The second kappa shape index (κ2) is 8.84. The molecule has 2 aromatic rings. The molecule has 1 N–H and O–H groups in total. The largest absolute Gasteiger partial charge is 0.472 e. The molecule has 0 radical (unpaired) electrons. The maximum atomic E-state index is 11.8. The van der Waals surface area contributed by atoms with Gasteiger partial charge in [0.25, 0.3) is 5.91 Å². The number of aromatic nitrogens is 2. The van der Waals surface area contributed by atoms with Crippen molar-refractivity contribution in [1.82, 2.24) is 15.1 Å². The fourth-order valence-electron chi connectivity index (χ4n) is 2.25. The summed E-state index contributed by atoms with van der Waals surface area (Å²) in [4.78, 5) is 16.5. The minimum absolute atomic E-state index is 0.208. The standard InChI is InChI=1S/C19H24N4O3/c1-13-6-7-16(12-15(13)3)23-10-8-17(21-23)26-11-9-14(2)18(22-25-5)19(24)20-4/h6-10,12H,11H2,1-5H3,(H,20,24). The maximum Gasteiger partial charge on any atom is 0.273 e. The van der Waals surface area contributed by atoms with Crippen molar-refractivity contribution in [2.45, 2.75) is 20.8 Å². The fraction of sp³-hybridized carbons (Fsp3) is 0.316.